The standard InChI is InChI=1S/C15H12N2O4S/c1-8-13(14(18)19)17-10(7-22-15(17)16-8)9-2-3-11-12(6-9)21-5-4-20-11/h2-3,6-7H,4-5H2,1H3,(H,18,19). The number of ether oxygens (including phenoxy) is 2. The predicted molar refractivity (Wildman–Crippen MR) is 81.2 cm³/mol. The highest BCUT2D eigenvalue weighted by atomic mass is 32.1. The third-order valence-electron chi connectivity index (χ3n) is 3.58. The molecular weight excluding hydrogens is 304 g/mol. The van der Waals surface area contributed by atoms with Crippen molar-refractivity contribution in [3.63, 3.8) is 0 Å². The van der Waals surface area contributed by atoms with Gasteiger partial charge in [-0.05, 0) is 25.1 Å². The predicted octanol–water partition coefficient (Wildman–Crippen LogP) is 2.84. The molecule has 0 saturated carbocycles. The maximum atomic E-state index is 11.5. The van der Waals surface area contributed by atoms with Gasteiger partial charge in [-0.3, -0.25) is 4.40 Å². The summed E-state index contributed by atoms with van der Waals surface area (Å²) in [7, 11) is 0. The van der Waals surface area contributed by atoms with Gasteiger partial charge in [-0.1, -0.05) is 0 Å². The Hall–Kier alpha value is -2.54. The van der Waals surface area contributed by atoms with Crippen LogP contribution in [0.5, 0.6) is 11.5 Å². The van der Waals surface area contributed by atoms with Crippen LogP contribution in [0.4, 0.5) is 0 Å². The topological polar surface area (TPSA) is 73.1 Å². The van der Waals surface area contributed by atoms with Crippen molar-refractivity contribution in [2.24, 2.45) is 0 Å². The highest BCUT2D eigenvalue weighted by Crippen LogP contribution is 2.36. The van der Waals surface area contributed by atoms with Gasteiger partial charge in [0.05, 0.1) is 11.4 Å². The van der Waals surface area contributed by atoms with Gasteiger partial charge >= 0.3 is 5.97 Å². The fraction of sp³-hybridized carbons (Fsp3) is 0.200. The summed E-state index contributed by atoms with van der Waals surface area (Å²) in [5, 5.41) is 11.3. The first-order chi connectivity index (χ1) is 10.6. The van der Waals surface area contributed by atoms with Crippen LogP contribution in [-0.4, -0.2) is 33.7 Å². The fourth-order valence-electron chi connectivity index (χ4n) is 2.62. The number of thiazole rings is 1. The normalized spacial score (nSPS) is 13.5. The van der Waals surface area contributed by atoms with E-state index in [1.54, 1.807) is 11.3 Å². The van der Waals surface area contributed by atoms with E-state index in [4.69, 9.17) is 9.47 Å². The second-order valence-electron chi connectivity index (χ2n) is 4.95. The van der Waals surface area contributed by atoms with Crippen LogP contribution in [0.2, 0.25) is 0 Å². The number of aromatic nitrogens is 2. The van der Waals surface area contributed by atoms with E-state index in [1.165, 1.54) is 11.3 Å². The molecule has 0 unspecified atom stereocenters. The van der Waals surface area contributed by atoms with Crippen molar-refractivity contribution in [3.8, 4) is 22.8 Å². The molecule has 0 aliphatic carbocycles. The zero-order chi connectivity index (χ0) is 15.3. The molecule has 7 heteroatoms. The number of hydrogen-bond acceptors (Lipinski definition) is 5. The van der Waals surface area contributed by atoms with Gasteiger partial charge in [0, 0.05) is 10.9 Å². The quantitative estimate of drug-likeness (QED) is 0.787. The van der Waals surface area contributed by atoms with Crippen molar-refractivity contribution in [1.82, 2.24) is 9.38 Å². The Morgan fingerprint density at radius 1 is 1.32 bits per heavy atom. The summed E-state index contributed by atoms with van der Waals surface area (Å²) in [6.07, 6.45) is 0. The molecule has 0 radical (unpaired) electrons. The molecule has 1 aliphatic heterocycles. The molecule has 1 aliphatic rings. The maximum absolute atomic E-state index is 11.5. The minimum Gasteiger partial charge on any atom is -0.486 e. The van der Waals surface area contributed by atoms with Crippen LogP contribution in [0.3, 0.4) is 0 Å². The highest BCUT2D eigenvalue weighted by molar-refractivity contribution is 7.15. The van der Waals surface area contributed by atoms with E-state index in [1.807, 2.05) is 23.6 Å². The molecule has 0 spiro atoms. The number of imidazole rings is 1. The third kappa shape index (κ3) is 1.86. The molecular formula is C15H12N2O4S. The van der Waals surface area contributed by atoms with Crippen LogP contribution in [0.1, 0.15) is 16.2 Å². The van der Waals surface area contributed by atoms with Crippen LogP contribution in [0.15, 0.2) is 23.6 Å². The zero-order valence-corrected chi connectivity index (χ0v) is 12.5. The van der Waals surface area contributed by atoms with Crippen molar-refractivity contribution >= 4 is 22.3 Å². The van der Waals surface area contributed by atoms with Gasteiger partial charge in [0.15, 0.2) is 22.2 Å². The minimum atomic E-state index is -0.984. The van der Waals surface area contributed by atoms with E-state index < -0.39 is 5.97 Å². The molecule has 1 N–H and O–H groups in total. The summed E-state index contributed by atoms with van der Waals surface area (Å²) in [5.41, 5.74) is 2.37. The smallest absolute Gasteiger partial charge is 0.354 e. The number of nitrogens with zero attached hydrogens (tertiary/aromatic N) is 2. The molecule has 3 heterocycles. The minimum absolute atomic E-state index is 0.195. The first-order valence-electron chi connectivity index (χ1n) is 6.75. The molecule has 6 nitrogen and oxygen atoms in total. The van der Waals surface area contributed by atoms with Gasteiger partial charge in [-0.25, -0.2) is 9.78 Å². The first-order valence-corrected chi connectivity index (χ1v) is 7.63. The van der Waals surface area contributed by atoms with Crippen molar-refractivity contribution in [1.29, 1.82) is 0 Å². The van der Waals surface area contributed by atoms with E-state index in [9.17, 15) is 9.90 Å². The Morgan fingerprint density at radius 2 is 2.09 bits per heavy atom. The average molecular weight is 316 g/mol. The van der Waals surface area contributed by atoms with E-state index >= 15 is 0 Å². The second kappa shape index (κ2) is 4.74. The molecule has 0 amide bonds. The largest absolute Gasteiger partial charge is 0.486 e. The van der Waals surface area contributed by atoms with Gasteiger partial charge in [0.25, 0.3) is 0 Å². The van der Waals surface area contributed by atoms with Gasteiger partial charge < -0.3 is 14.6 Å². The van der Waals surface area contributed by atoms with Crippen molar-refractivity contribution in [2.75, 3.05) is 13.2 Å². The summed E-state index contributed by atoms with van der Waals surface area (Å²) in [6.45, 7) is 2.76. The number of carboxylic acid groups (broad SMARTS) is 1. The van der Waals surface area contributed by atoms with Crippen LogP contribution >= 0.6 is 11.3 Å². The van der Waals surface area contributed by atoms with Crippen molar-refractivity contribution in [3.05, 3.63) is 35.0 Å². The van der Waals surface area contributed by atoms with Crippen LogP contribution in [-0.2, 0) is 0 Å². The van der Waals surface area contributed by atoms with E-state index in [0.29, 0.717) is 35.4 Å². The fourth-order valence-corrected chi connectivity index (χ4v) is 3.56. The molecule has 0 atom stereocenters. The summed E-state index contributed by atoms with van der Waals surface area (Å²) < 4.78 is 12.8. The summed E-state index contributed by atoms with van der Waals surface area (Å²) in [6, 6.07) is 5.62. The molecule has 0 saturated heterocycles. The van der Waals surface area contributed by atoms with Crippen LogP contribution < -0.4 is 9.47 Å². The van der Waals surface area contributed by atoms with Gasteiger partial charge in [-0.2, -0.15) is 0 Å². The average Bonchev–Trinajstić information content (AvgIpc) is 3.04. The number of hydrogen-bond donors (Lipinski definition) is 1. The molecule has 4 rings (SSSR count). The molecule has 2 aromatic heterocycles. The summed E-state index contributed by atoms with van der Waals surface area (Å²) in [5.74, 6) is 0.403. The maximum Gasteiger partial charge on any atom is 0.354 e. The molecule has 0 bridgehead atoms. The van der Waals surface area contributed by atoms with Crippen molar-refractivity contribution in [2.45, 2.75) is 6.92 Å². The molecule has 22 heavy (non-hydrogen) atoms. The molecule has 1 aromatic carbocycles. The lowest BCUT2D eigenvalue weighted by atomic mass is 10.1. The first kappa shape index (κ1) is 13.1. The number of carbonyl (C=O) groups is 1. The highest BCUT2D eigenvalue weighted by Gasteiger charge is 2.21. The zero-order valence-electron chi connectivity index (χ0n) is 11.7. The summed E-state index contributed by atoms with van der Waals surface area (Å²) in [4.78, 5) is 16.5. The monoisotopic (exact) mass is 316 g/mol. The second-order valence-corrected chi connectivity index (χ2v) is 5.78. The Bertz CT molecular complexity index is 896. The van der Waals surface area contributed by atoms with Gasteiger partial charge in [0.2, 0.25) is 0 Å². The van der Waals surface area contributed by atoms with E-state index in [2.05, 4.69) is 4.98 Å². The Balaban J connectivity index is 1.93. The lowest BCUT2D eigenvalue weighted by molar-refractivity contribution is 0.0688. The van der Waals surface area contributed by atoms with Crippen LogP contribution in [0.25, 0.3) is 16.2 Å². The number of fused-ring (bicyclic) bond motifs is 2. The Labute approximate surface area is 129 Å². The van der Waals surface area contributed by atoms with Gasteiger partial charge in [0.1, 0.15) is 13.2 Å². The van der Waals surface area contributed by atoms with E-state index in [0.717, 1.165) is 11.3 Å². The van der Waals surface area contributed by atoms with E-state index in [-0.39, 0.29) is 5.69 Å². The summed E-state index contributed by atoms with van der Waals surface area (Å²) >= 11 is 1.42. The number of aryl methyl sites for hydroxylation is 1. The Morgan fingerprint density at radius 3 is 2.86 bits per heavy atom. The number of benzene rings is 1. The number of rotatable bonds is 2. The molecule has 0 fully saturated rings. The third-order valence-corrected chi connectivity index (χ3v) is 4.40. The Kier molecular flexibility index (Phi) is 2.83. The number of carboxylic acids is 1. The van der Waals surface area contributed by atoms with Crippen LogP contribution in [0, 0.1) is 6.92 Å². The SMILES string of the molecule is Cc1nc2scc(-c3ccc4c(c3)OCCO4)n2c1C(=O)O. The lowest BCUT2D eigenvalue weighted by Crippen LogP contribution is -2.15. The van der Waals surface area contributed by atoms with Gasteiger partial charge in [-0.15, -0.1) is 11.3 Å². The molecule has 3 aromatic rings. The molecule has 112 valence electrons. The number of aromatic carboxylic acids is 1. The lowest BCUT2D eigenvalue weighted by Gasteiger charge is -2.18. The van der Waals surface area contributed by atoms with Crippen molar-refractivity contribution < 1.29 is 19.4 Å².